The quantitative estimate of drug-likeness (QED) is 0.208. The van der Waals surface area contributed by atoms with Gasteiger partial charge in [0.2, 0.25) is 5.91 Å². The molecule has 0 aliphatic heterocycles. The number of hydrogen-bond donors (Lipinski definition) is 1. The molecule has 0 saturated carbocycles. The van der Waals surface area contributed by atoms with Crippen molar-refractivity contribution >= 4 is 51.6 Å². The van der Waals surface area contributed by atoms with Crippen molar-refractivity contribution in [3.63, 3.8) is 0 Å². The highest BCUT2D eigenvalue weighted by atomic mass is 35.5. The third kappa shape index (κ3) is 5.40. The summed E-state index contributed by atoms with van der Waals surface area (Å²) in [5.74, 6) is 0.504. The van der Waals surface area contributed by atoms with Crippen LogP contribution in [0.15, 0.2) is 59.1 Å². The lowest BCUT2D eigenvalue weighted by molar-refractivity contribution is -0.113. The van der Waals surface area contributed by atoms with Gasteiger partial charge in [-0.05, 0) is 30.7 Å². The summed E-state index contributed by atoms with van der Waals surface area (Å²) in [6, 6.07) is 14.8. The molecule has 8 nitrogen and oxygen atoms in total. The molecule has 4 rings (SSSR count). The fourth-order valence-corrected chi connectivity index (χ4v) is 5.56. The van der Waals surface area contributed by atoms with E-state index >= 15 is 0 Å². The molecule has 2 aromatic carbocycles. The zero-order chi connectivity index (χ0) is 25.7. The van der Waals surface area contributed by atoms with Gasteiger partial charge in [0.15, 0.2) is 11.0 Å². The first kappa shape index (κ1) is 25.7. The predicted molar refractivity (Wildman–Crippen MR) is 143 cm³/mol. The lowest BCUT2D eigenvalue weighted by atomic mass is 10.0. The molecule has 0 saturated heterocycles. The molecule has 0 bridgehead atoms. The lowest BCUT2D eigenvalue weighted by Crippen LogP contribution is -2.16. The molecular formula is C25H23ClN4O4S2. The van der Waals surface area contributed by atoms with Gasteiger partial charge in [-0.25, -0.2) is 4.79 Å². The minimum absolute atomic E-state index is 0.0734. The fourth-order valence-electron chi connectivity index (χ4n) is 3.61. The van der Waals surface area contributed by atoms with Gasteiger partial charge >= 0.3 is 5.97 Å². The summed E-state index contributed by atoms with van der Waals surface area (Å²) in [6.07, 6.45) is 0. The monoisotopic (exact) mass is 542 g/mol. The molecule has 0 aliphatic rings. The van der Waals surface area contributed by atoms with Crippen molar-refractivity contribution in [1.82, 2.24) is 14.8 Å². The maximum absolute atomic E-state index is 12.8. The average Bonchev–Trinajstić information content (AvgIpc) is 3.51. The summed E-state index contributed by atoms with van der Waals surface area (Å²) in [5, 5.41) is 14.8. The summed E-state index contributed by atoms with van der Waals surface area (Å²) in [4.78, 5) is 25.4. The second-order valence-electron chi connectivity index (χ2n) is 7.44. The van der Waals surface area contributed by atoms with Crippen LogP contribution < -0.4 is 10.1 Å². The van der Waals surface area contributed by atoms with Crippen LogP contribution in [0.25, 0.3) is 22.5 Å². The minimum atomic E-state index is -0.510. The van der Waals surface area contributed by atoms with Crippen LogP contribution in [0, 0.1) is 0 Å². The number of benzene rings is 2. The number of esters is 1. The molecule has 0 aliphatic carbocycles. The van der Waals surface area contributed by atoms with E-state index in [0.717, 1.165) is 5.56 Å². The highest BCUT2D eigenvalue weighted by Gasteiger charge is 2.23. The SMILES string of the molecule is CCn1c(SCC(=O)Nc2scc(-c3ccccc3)c2C(=O)OC)nnc1-c1cc(Cl)ccc1OC. The predicted octanol–water partition coefficient (Wildman–Crippen LogP) is 5.87. The standard InChI is InChI=1S/C25H23ClN4O4S2/c1-4-30-22(17-12-16(26)10-11-19(17)33-2)28-29-25(30)36-14-20(31)27-23-21(24(32)34-3)18(13-35-23)15-8-6-5-7-9-15/h5-13H,4,14H2,1-3H3,(H,27,31). The maximum Gasteiger partial charge on any atom is 0.341 e. The summed E-state index contributed by atoms with van der Waals surface area (Å²) in [7, 11) is 2.90. The molecule has 2 heterocycles. The van der Waals surface area contributed by atoms with Crippen molar-refractivity contribution in [2.24, 2.45) is 0 Å². The van der Waals surface area contributed by atoms with Gasteiger partial charge in [0.1, 0.15) is 16.3 Å². The van der Waals surface area contributed by atoms with Gasteiger partial charge in [0.05, 0.1) is 25.5 Å². The Hall–Kier alpha value is -3.34. The number of carbonyl (C=O) groups is 2. The lowest BCUT2D eigenvalue weighted by Gasteiger charge is -2.11. The van der Waals surface area contributed by atoms with Crippen molar-refractivity contribution in [3.05, 3.63) is 64.5 Å². The van der Waals surface area contributed by atoms with Gasteiger partial charge in [-0.3, -0.25) is 4.79 Å². The number of thioether (sulfide) groups is 1. The molecule has 0 spiro atoms. The van der Waals surface area contributed by atoms with E-state index < -0.39 is 5.97 Å². The van der Waals surface area contributed by atoms with Crippen LogP contribution >= 0.6 is 34.7 Å². The number of thiophene rings is 1. The molecule has 4 aromatic rings. The summed E-state index contributed by atoms with van der Waals surface area (Å²) in [6.45, 7) is 2.55. The van der Waals surface area contributed by atoms with E-state index in [0.29, 0.717) is 50.0 Å². The largest absolute Gasteiger partial charge is 0.496 e. The van der Waals surface area contributed by atoms with Crippen molar-refractivity contribution in [2.45, 2.75) is 18.6 Å². The van der Waals surface area contributed by atoms with Gasteiger partial charge in [-0.1, -0.05) is 53.7 Å². The van der Waals surface area contributed by atoms with Gasteiger partial charge in [-0.2, -0.15) is 0 Å². The minimum Gasteiger partial charge on any atom is -0.496 e. The van der Waals surface area contributed by atoms with Crippen molar-refractivity contribution in [2.75, 3.05) is 25.3 Å². The molecular weight excluding hydrogens is 520 g/mol. The Labute approximate surface area is 221 Å². The first-order valence-electron chi connectivity index (χ1n) is 10.9. The molecule has 0 atom stereocenters. The summed E-state index contributed by atoms with van der Waals surface area (Å²) >= 11 is 8.71. The van der Waals surface area contributed by atoms with Crippen LogP contribution in [0.5, 0.6) is 5.75 Å². The number of methoxy groups -OCH3 is 2. The van der Waals surface area contributed by atoms with Crippen molar-refractivity contribution in [1.29, 1.82) is 0 Å². The molecule has 2 aromatic heterocycles. The van der Waals surface area contributed by atoms with Gasteiger partial charge in [0, 0.05) is 22.5 Å². The van der Waals surface area contributed by atoms with Crippen LogP contribution in [-0.2, 0) is 16.1 Å². The second-order valence-corrected chi connectivity index (χ2v) is 9.70. The van der Waals surface area contributed by atoms with E-state index in [1.807, 2.05) is 47.2 Å². The van der Waals surface area contributed by atoms with E-state index in [1.165, 1.54) is 30.2 Å². The molecule has 1 N–H and O–H groups in total. The molecule has 0 fully saturated rings. The van der Waals surface area contributed by atoms with E-state index in [-0.39, 0.29) is 11.7 Å². The number of hydrogen-bond acceptors (Lipinski definition) is 8. The molecule has 1 amide bonds. The van der Waals surface area contributed by atoms with Crippen molar-refractivity contribution in [3.8, 4) is 28.3 Å². The van der Waals surface area contributed by atoms with Crippen molar-refractivity contribution < 1.29 is 19.1 Å². The Kier molecular flexibility index (Phi) is 8.29. The number of halogens is 1. The smallest absolute Gasteiger partial charge is 0.341 e. The number of aromatic nitrogens is 3. The number of nitrogens with one attached hydrogen (secondary N) is 1. The van der Waals surface area contributed by atoms with Crippen LogP contribution in [0.2, 0.25) is 5.02 Å². The summed E-state index contributed by atoms with van der Waals surface area (Å²) in [5.41, 5.74) is 2.62. The number of carbonyl (C=O) groups excluding carboxylic acids is 2. The van der Waals surface area contributed by atoms with E-state index in [2.05, 4.69) is 15.5 Å². The molecule has 186 valence electrons. The molecule has 36 heavy (non-hydrogen) atoms. The van der Waals surface area contributed by atoms with Crippen LogP contribution in [-0.4, -0.2) is 46.6 Å². The Bertz CT molecular complexity index is 1390. The molecule has 0 radical (unpaired) electrons. The van der Waals surface area contributed by atoms with Gasteiger partial charge in [-0.15, -0.1) is 21.5 Å². The molecule has 0 unspecified atom stereocenters. The Balaban J connectivity index is 1.52. The average molecular weight is 543 g/mol. The Morgan fingerprint density at radius 1 is 1.11 bits per heavy atom. The van der Waals surface area contributed by atoms with Gasteiger partial charge in [0.25, 0.3) is 0 Å². The second kappa shape index (κ2) is 11.6. The highest BCUT2D eigenvalue weighted by Crippen LogP contribution is 2.37. The maximum atomic E-state index is 12.8. The number of anilines is 1. The normalized spacial score (nSPS) is 10.8. The first-order chi connectivity index (χ1) is 17.5. The number of amides is 1. The fraction of sp³-hybridized carbons (Fsp3) is 0.200. The Morgan fingerprint density at radius 2 is 1.89 bits per heavy atom. The third-order valence-electron chi connectivity index (χ3n) is 5.29. The number of nitrogens with zero attached hydrogens (tertiary/aromatic N) is 3. The van der Waals surface area contributed by atoms with E-state index in [4.69, 9.17) is 21.1 Å². The zero-order valence-corrected chi connectivity index (χ0v) is 22.2. The topological polar surface area (TPSA) is 95.3 Å². The van der Waals surface area contributed by atoms with Crippen LogP contribution in [0.4, 0.5) is 5.00 Å². The van der Waals surface area contributed by atoms with E-state index in [1.54, 1.807) is 25.3 Å². The van der Waals surface area contributed by atoms with Crippen LogP contribution in [0.3, 0.4) is 0 Å². The number of ether oxygens (including phenoxy) is 2. The third-order valence-corrected chi connectivity index (χ3v) is 7.38. The van der Waals surface area contributed by atoms with Gasteiger partial charge < -0.3 is 19.4 Å². The van der Waals surface area contributed by atoms with E-state index in [9.17, 15) is 9.59 Å². The zero-order valence-electron chi connectivity index (χ0n) is 19.8. The first-order valence-corrected chi connectivity index (χ1v) is 13.2. The molecule has 11 heteroatoms. The van der Waals surface area contributed by atoms with Crippen LogP contribution in [0.1, 0.15) is 17.3 Å². The Morgan fingerprint density at radius 3 is 2.58 bits per heavy atom. The highest BCUT2D eigenvalue weighted by molar-refractivity contribution is 7.99. The summed E-state index contributed by atoms with van der Waals surface area (Å²) < 4.78 is 12.3. The number of rotatable bonds is 9.